The Kier molecular flexibility index (Phi) is 6.13. The minimum atomic E-state index is 0.122. The lowest BCUT2D eigenvalue weighted by molar-refractivity contribution is 0.332. The molecule has 3 heterocycles. The van der Waals surface area contributed by atoms with E-state index in [1.165, 1.54) is 84.7 Å². The van der Waals surface area contributed by atoms with Crippen molar-refractivity contribution in [2.24, 2.45) is 0 Å². The number of nitrogens with zero attached hydrogens (tertiary/aromatic N) is 2. The second-order valence-electron chi connectivity index (χ2n) is 15.6. The molecule has 5 aromatic carbocycles. The first kappa shape index (κ1) is 29.3. The second-order valence-corrected chi connectivity index (χ2v) is 15.6. The van der Waals surface area contributed by atoms with Crippen LogP contribution in [0.5, 0.6) is 0 Å². The Morgan fingerprint density at radius 2 is 1.46 bits per heavy atom. The van der Waals surface area contributed by atoms with Crippen LogP contribution < -0.4 is 21.3 Å². The number of aromatic nitrogens is 1. The molecule has 238 valence electrons. The number of nitrogens with one attached hydrogen (secondary N) is 1. The molecule has 4 nitrogen and oxygen atoms in total. The number of benzene rings is 5. The van der Waals surface area contributed by atoms with Crippen LogP contribution in [0.15, 0.2) is 95.4 Å². The normalized spacial score (nSPS) is 15.7. The standard InChI is InChI=1S/C43H42BN3O/c1-25-22-30(28-12-8-10-14-34(28)45-26-16-18-27(19-17-26)46(6)7)38-40-37(25)29-13-9-11-15-35(29)47(40)39-31-23-32-33(24-36(31)48-41(39)44-38)43(4,5)21-20-42(32,2)3/h8-19,22-24,44-45H,20-21H2,1-7H3. The van der Waals surface area contributed by atoms with Crippen molar-refractivity contribution < 1.29 is 4.42 Å². The number of hydrogen-bond donors (Lipinski definition) is 1. The zero-order valence-electron chi connectivity index (χ0n) is 29.1. The molecule has 7 aromatic rings. The van der Waals surface area contributed by atoms with E-state index in [2.05, 4.69) is 154 Å². The van der Waals surface area contributed by atoms with Gasteiger partial charge in [0.15, 0.2) is 0 Å². The SMILES string of the molecule is Cc1cc(-c2ccccc2Nc2ccc(N(C)C)cc2)c2c3c1c1ccccc1n3-c1c(oc3cc4c(cc13)C(C)(C)CCC4(C)C)B2. The van der Waals surface area contributed by atoms with Crippen molar-refractivity contribution in [3.05, 3.63) is 108 Å². The van der Waals surface area contributed by atoms with E-state index in [9.17, 15) is 0 Å². The minimum absolute atomic E-state index is 0.122. The third-order valence-electron chi connectivity index (χ3n) is 11.4. The molecule has 0 atom stereocenters. The molecule has 48 heavy (non-hydrogen) atoms. The Labute approximate surface area is 283 Å². The molecule has 0 fully saturated rings. The van der Waals surface area contributed by atoms with Crippen LogP contribution in [-0.2, 0) is 10.8 Å². The Morgan fingerprint density at radius 3 is 2.21 bits per heavy atom. The van der Waals surface area contributed by atoms with Crippen molar-refractivity contribution in [3.63, 3.8) is 0 Å². The van der Waals surface area contributed by atoms with E-state index in [0.29, 0.717) is 0 Å². The molecular weight excluding hydrogens is 585 g/mol. The summed E-state index contributed by atoms with van der Waals surface area (Å²) in [5.74, 6) is 0. The maximum Gasteiger partial charge on any atom is 0.244 e. The maximum absolute atomic E-state index is 6.96. The van der Waals surface area contributed by atoms with Crippen LogP contribution in [0.3, 0.4) is 0 Å². The molecule has 0 radical (unpaired) electrons. The van der Waals surface area contributed by atoms with Crippen LogP contribution in [0, 0.1) is 6.92 Å². The number of hydrogen-bond acceptors (Lipinski definition) is 3. The minimum Gasteiger partial charge on any atom is -0.469 e. The fraction of sp³-hybridized carbons (Fsp3) is 0.256. The van der Waals surface area contributed by atoms with E-state index in [4.69, 9.17) is 4.42 Å². The number of para-hydroxylation sites is 2. The van der Waals surface area contributed by atoms with Gasteiger partial charge in [0.05, 0.1) is 16.9 Å². The summed E-state index contributed by atoms with van der Waals surface area (Å²) in [4.78, 5) is 2.13. The van der Waals surface area contributed by atoms with Gasteiger partial charge in [-0.2, -0.15) is 0 Å². The number of aryl methyl sites for hydroxylation is 1. The molecular formula is C43H42BN3O. The molecule has 0 saturated carbocycles. The predicted molar refractivity (Wildman–Crippen MR) is 206 cm³/mol. The predicted octanol–water partition coefficient (Wildman–Crippen LogP) is 9.36. The topological polar surface area (TPSA) is 33.3 Å². The summed E-state index contributed by atoms with van der Waals surface area (Å²) in [6.07, 6.45) is 2.37. The largest absolute Gasteiger partial charge is 0.469 e. The van der Waals surface area contributed by atoms with Gasteiger partial charge in [-0.05, 0) is 107 Å². The van der Waals surface area contributed by atoms with Crippen molar-refractivity contribution in [1.29, 1.82) is 0 Å². The summed E-state index contributed by atoms with van der Waals surface area (Å²) in [7, 11) is 4.89. The van der Waals surface area contributed by atoms with E-state index in [1.807, 2.05) is 0 Å². The van der Waals surface area contributed by atoms with Crippen LogP contribution in [0.25, 0.3) is 49.6 Å². The Hall–Kier alpha value is -4.90. The lowest BCUT2D eigenvalue weighted by Gasteiger charge is -2.41. The van der Waals surface area contributed by atoms with Gasteiger partial charge in [0.25, 0.3) is 0 Å². The molecule has 0 amide bonds. The summed E-state index contributed by atoms with van der Waals surface area (Å²) in [5.41, 5.74) is 17.4. The highest BCUT2D eigenvalue weighted by Crippen LogP contribution is 2.48. The second kappa shape index (κ2) is 10.1. The van der Waals surface area contributed by atoms with Gasteiger partial charge in [-0.3, -0.25) is 0 Å². The van der Waals surface area contributed by atoms with E-state index in [-0.39, 0.29) is 10.8 Å². The average molecular weight is 628 g/mol. The van der Waals surface area contributed by atoms with Crippen molar-refractivity contribution in [2.45, 2.75) is 58.3 Å². The maximum atomic E-state index is 6.96. The Morgan fingerprint density at radius 1 is 0.771 bits per heavy atom. The summed E-state index contributed by atoms with van der Waals surface area (Å²) < 4.78 is 9.49. The van der Waals surface area contributed by atoms with E-state index < -0.39 is 0 Å². The Balaban J connectivity index is 1.30. The van der Waals surface area contributed by atoms with Crippen molar-refractivity contribution >= 4 is 68.2 Å². The van der Waals surface area contributed by atoms with Gasteiger partial charge < -0.3 is 19.2 Å². The summed E-state index contributed by atoms with van der Waals surface area (Å²) in [5, 5.41) is 7.62. The quantitative estimate of drug-likeness (QED) is 0.198. The third-order valence-corrected chi connectivity index (χ3v) is 11.4. The Bertz CT molecular complexity index is 2440. The molecule has 0 bridgehead atoms. The highest BCUT2D eigenvalue weighted by Gasteiger charge is 2.39. The lowest BCUT2D eigenvalue weighted by Crippen LogP contribution is -2.36. The molecule has 5 heteroatoms. The average Bonchev–Trinajstić information content (AvgIpc) is 3.61. The van der Waals surface area contributed by atoms with Crippen LogP contribution in [0.4, 0.5) is 17.1 Å². The first-order valence-corrected chi connectivity index (χ1v) is 17.3. The van der Waals surface area contributed by atoms with Crippen LogP contribution in [0.2, 0.25) is 0 Å². The lowest BCUT2D eigenvalue weighted by atomic mass is 9.61. The van der Waals surface area contributed by atoms with Gasteiger partial charge in [0.2, 0.25) is 7.28 Å². The van der Waals surface area contributed by atoms with Crippen LogP contribution in [-0.4, -0.2) is 25.9 Å². The summed E-state index contributed by atoms with van der Waals surface area (Å²) >= 11 is 0. The monoisotopic (exact) mass is 627 g/mol. The van der Waals surface area contributed by atoms with Crippen molar-refractivity contribution in [1.82, 2.24) is 4.57 Å². The van der Waals surface area contributed by atoms with Gasteiger partial charge in [-0.15, -0.1) is 0 Å². The molecule has 9 rings (SSSR count). The van der Waals surface area contributed by atoms with E-state index >= 15 is 0 Å². The van der Waals surface area contributed by atoms with Gasteiger partial charge >= 0.3 is 0 Å². The number of fused-ring (bicyclic) bond motifs is 8. The first-order chi connectivity index (χ1) is 23.0. The van der Waals surface area contributed by atoms with Crippen LogP contribution >= 0.6 is 0 Å². The van der Waals surface area contributed by atoms with Gasteiger partial charge in [-0.1, -0.05) is 70.2 Å². The number of furan rings is 1. The van der Waals surface area contributed by atoms with E-state index in [0.717, 1.165) is 29.9 Å². The molecule has 0 spiro atoms. The molecule has 0 unspecified atom stereocenters. The van der Waals surface area contributed by atoms with Crippen molar-refractivity contribution in [2.75, 3.05) is 24.3 Å². The zero-order chi connectivity index (χ0) is 33.1. The molecule has 2 aliphatic rings. The fourth-order valence-corrected chi connectivity index (χ4v) is 8.63. The van der Waals surface area contributed by atoms with Crippen LogP contribution in [0.1, 0.15) is 57.2 Å². The molecule has 1 N–H and O–H groups in total. The van der Waals surface area contributed by atoms with Gasteiger partial charge in [0.1, 0.15) is 5.58 Å². The first-order valence-electron chi connectivity index (χ1n) is 17.3. The number of anilines is 3. The smallest absolute Gasteiger partial charge is 0.244 e. The number of rotatable bonds is 4. The summed E-state index contributed by atoms with van der Waals surface area (Å²) in [6, 6.07) is 33.5. The van der Waals surface area contributed by atoms with Gasteiger partial charge in [-0.25, -0.2) is 0 Å². The summed E-state index contributed by atoms with van der Waals surface area (Å²) in [6.45, 7) is 11.9. The highest BCUT2D eigenvalue weighted by molar-refractivity contribution is 6.73. The molecule has 0 saturated heterocycles. The molecule has 2 aromatic heterocycles. The fourth-order valence-electron chi connectivity index (χ4n) is 8.63. The van der Waals surface area contributed by atoms with Gasteiger partial charge in [0, 0.05) is 58.4 Å². The molecule has 1 aliphatic carbocycles. The highest BCUT2D eigenvalue weighted by atomic mass is 16.3. The van der Waals surface area contributed by atoms with Crippen molar-refractivity contribution in [3.8, 4) is 16.8 Å². The molecule has 1 aliphatic heterocycles. The zero-order valence-corrected chi connectivity index (χ0v) is 29.1. The third kappa shape index (κ3) is 4.16. The van der Waals surface area contributed by atoms with E-state index in [1.54, 1.807) is 0 Å².